The molecule has 0 spiro atoms. The van der Waals surface area contributed by atoms with Crippen molar-refractivity contribution in [1.29, 1.82) is 0 Å². The van der Waals surface area contributed by atoms with Crippen LogP contribution in [0.2, 0.25) is 0 Å². The third-order valence-electron chi connectivity index (χ3n) is 5.33. The third-order valence-corrected chi connectivity index (χ3v) is 7.50. The molecule has 4 aromatic rings. The normalized spacial score (nSPS) is 11.6. The van der Waals surface area contributed by atoms with Gasteiger partial charge in [-0.1, -0.05) is 38.1 Å². The van der Waals surface area contributed by atoms with E-state index < -0.39 is 15.1 Å². The van der Waals surface area contributed by atoms with E-state index in [2.05, 4.69) is 40.1 Å². The average Bonchev–Trinajstić information content (AvgIpc) is 3.29. The Morgan fingerprint density at radius 2 is 1.62 bits per heavy atom. The van der Waals surface area contributed by atoms with Crippen molar-refractivity contribution in [3.63, 3.8) is 0 Å². The van der Waals surface area contributed by atoms with E-state index in [1.807, 2.05) is 18.2 Å². The van der Waals surface area contributed by atoms with Crippen LogP contribution in [-0.2, 0) is 9.84 Å². The summed E-state index contributed by atoms with van der Waals surface area (Å²) in [5.41, 5.74) is 9.49. The van der Waals surface area contributed by atoms with Gasteiger partial charge in [-0.25, -0.2) is 18.4 Å². The fourth-order valence-corrected chi connectivity index (χ4v) is 4.31. The molecule has 4 rings (SSSR count). The van der Waals surface area contributed by atoms with Gasteiger partial charge >= 0.3 is 0 Å². The summed E-state index contributed by atoms with van der Waals surface area (Å²) in [7, 11) is -3.36. The van der Waals surface area contributed by atoms with Gasteiger partial charge in [0.2, 0.25) is 5.89 Å². The summed E-state index contributed by atoms with van der Waals surface area (Å²) < 4.78 is 30.6. The predicted octanol–water partition coefficient (Wildman–Crippen LogP) is 5.89. The highest BCUT2D eigenvalue weighted by Crippen LogP contribution is 2.29. The Kier molecular flexibility index (Phi) is 7.13. The van der Waals surface area contributed by atoms with Crippen LogP contribution in [0.5, 0.6) is 0 Å². The Balaban J connectivity index is 0. The van der Waals surface area contributed by atoms with E-state index >= 15 is 0 Å². The minimum Gasteiger partial charge on any atom is -0.414 e. The van der Waals surface area contributed by atoms with E-state index in [1.54, 1.807) is 38.1 Å². The van der Waals surface area contributed by atoms with Gasteiger partial charge in [-0.05, 0) is 49.6 Å². The molecule has 0 bridgehead atoms. The monoisotopic (exact) mass is 488 g/mol. The van der Waals surface area contributed by atoms with Crippen molar-refractivity contribution >= 4 is 15.7 Å². The molecule has 9 nitrogen and oxygen atoms in total. The zero-order valence-electron chi connectivity index (χ0n) is 19.6. The van der Waals surface area contributed by atoms with Crippen LogP contribution in [0, 0.1) is 0 Å². The van der Waals surface area contributed by atoms with Gasteiger partial charge in [-0.15, -0.1) is 10.2 Å². The number of hydrogen-bond donors (Lipinski definition) is 2. The van der Waals surface area contributed by atoms with Crippen molar-refractivity contribution in [2.75, 3.05) is 5.73 Å². The van der Waals surface area contributed by atoms with Crippen LogP contribution < -0.4 is 11.9 Å². The molecule has 0 saturated carbocycles. The summed E-state index contributed by atoms with van der Waals surface area (Å²) in [6.45, 7) is 7.53. The quantitative estimate of drug-likeness (QED) is 0.337. The minimum absolute atomic E-state index is 0. The summed E-state index contributed by atoms with van der Waals surface area (Å²) in [4.78, 5) is 9.04. The number of nitrogens with two attached hydrogens (primary N) is 1. The van der Waals surface area contributed by atoms with E-state index in [0.29, 0.717) is 23.1 Å². The smallest absolute Gasteiger partial charge is 0.270 e. The van der Waals surface area contributed by atoms with Gasteiger partial charge in [0.15, 0.2) is 21.3 Å². The molecule has 0 aliphatic carbocycles. The lowest BCUT2D eigenvalue weighted by atomic mass is 10.0. The molecule has 0 unspecified atom stereocenters. The number of sulfone groups is 1. The minimum atomic E-state index is -3.36. The van der Waals surface area contributed by atoms with Crippen LogP contribution in [0.1, 0.15) is 44.9 Å². The number of anilines is 1. The van der Waals surface area contributed by atoms with E-state index in [1.165, 1.54) is 6.20 Å². The fourth-order valence-electron chi connectivity index (χ4n) is 3.25. The molecule has 34 heavy (non-hydrogen) atoms. The number of rotatable bonds is 6. The van der Waals surface area contributed by atoms with E-state index in [4.69, 9.17) is 10.2 Å². The van der Waals surface area contributed by atoms with Crippen LogP contribution in [0.25, 0.3) is 34.3 Å². The molecule has 0 amide bonds. The first-order valence-electron chi connectivity index (χ1n) is 10.6. The standard InChI is InChI=1S/C24H25N5O3S.H3N.4H2/c1-14(2)17-6-5-7-18(12-17)23-28-29-24(32-23)21-22(25)26-13-20(27-21)16-8-10-19(11-9-16)33(30,31)15(3)4;;;;;/h5-15H,1-4H3,(H2,25,26);1H3;4*1H. The van der Waals surface area contributed by atoms with Crippen LogP contribution >= 0.6 is 0 Å². The van der Waals surface area contributed by atoms with Crippen molar-refractivity contribution in [3.8, 4) is 34.3 Å². The maximum absolute atomic E-state index is 12.4. The highest BCUT2D eigenvalue weighted by Gasteiger charge is 2.20. The molecular weight excluding hydrogens is 452 g/mol. The van der Waals surface area contributed by atoms with Crippen molar-refractivity contribution in [2.45, 2.75) is 43.8 Å². The second kappa shape index (κ2) is 9.70. The highest BCUT2D eigenvalue weighted by atomic mass is 32.2. The lowest BCUT2D eigenvalue weighted by Gasteiger charge is -2.09. The molecule has 2 heterocycles. The van der Waals surface area contributed by atoms with Crippen molar-refractivity contribution < 1.29 is 18.5 Å². The van der Waals surface area contributed by atoms with Gasteiger partial charge in [-0.2, -0.15) is 0 Å². The summed E-state index contributed by atoms with van der Waals surface area (Å²) >= 11 is 0. The molecule has 0 aliphatic heterocycles. The first kappa shape index (κ1) is 25.0. The number of benzene rings is 2. The second-order valence-electron chi connectivity index (χ2n) is 8.30. The molecule has 0 saturated heterocycles. The molecule has 2 aromatic heterocycles. The van der Waals surface area contributed by atoms with Gasteiger partial charge < -0.3 is 16.3 Å². The maximum atomic E-state index is 12.4. The molecule has 186 valence electrons. The van der Waals surface area contributed by atoms with Crippen molar-refractivity contribution in [1.82, 2.24) is 26.3 Å². The molecule has 0 radical (unpaired) electrons. The molecule has 10 heteroatoms. The van der Waals surface area contributed by atoms with Crippen molar-refractivity contribution in [3.05, 3.63) is 60.3 Å². The van der Waals surface area contributed by atoms with Crippen molar-refractivity contribution in [2.24, 2.45) is 0 Å². The Morgan fingerprint density at radius 3 is 2.26 bits per heavy atom. The number of aromatic nitrogens is 4. The van der Waals surface area contributed by atoms with Gasteiger partial charge in [0, 0.05) is 16.8 Å². The van der Waals surface area contributed by atoms with Crippen LogP contribution in [0.15, 0.2) is 64.0 Å². The lowest BCUT2D eigenvalue weighted by molar-refractivity contribution is 0.582. The summed E-state index contributed by atoms with van der Waals surface area (Å²) in [6, 6.07) is 14.4. The summed E-state index contributed by atoms with van der Waals surface area (Å²) in [5, 5.41) is 7.77. The van der Waals surface area contributed by atoms with E-state index in [9.17, 15) is 8.42 Å². The van der Waals surface area contributed by atoms with Gasteiger partial charge in [-0.3, -0.25) is 0 Å². The number of hydrogen-bond acceptors (Lipinski definition) is 9. The third kappa shape index (κ3) is 4.82. The van der Waals surface area contributed by atoms with E-state index in [-0.39, 0.29) is 34.2 Å². The molecular formula is C24H36N6O3S. The largest absolute Gasteiger partial charge is 0.414 e. The van der Waals surface area contributed by atoms with Gasteiger partial charge in [0.25, 0.3) is 5.89 Å². The first-order chi connectivity index (χ1) is 15.7. The second-order valence-corrected chi connectivity index (χ2v) is 10.8. The predicted molar refractivity (Wildman–Crippen MR) is 140 cm³/mol. The molecule has 5 N–H and O–H groups in total. The average molecular weight is 489 g/mol. The fraction of sp³-hybridized carbons (Fsp3) is 0.250. The molecule has 2 aromatic carbocycles. The van der Waals surface area contributed by atoms with Crippen LogP contribution in [0.3, 0.4) is 0 Å². The zero-order valence-corrected chi connectivity index (χ0v) is 20.4. The number of nitrogens with zero attached hydrogens (tertiary/aromatic N) is 4. The Labute approximate surface area is 204 Å². The zero-order chi connectivity index (χ0) is 23.8. The van der Waals surface area contributed by atoms with Crippen LogP contribution in [0.4, 0.5) is 5.82 Å². The molecule has 0 atom stereocenters. The molecule has 0 fully saturated rings. The summed E-state index contributed by atoms with van der Waals surface area (Å²) in [5.74, 6) is 1.05. The summed E-state index contributed by atoms with van der Waals surface area (Å²) in [6.07, 6.45) is 1.52. The Bertz CT molecular complexity index is 1410. The molecule has 0 aliphatic rings. The van der Waals surface area contributed by atoms with Crippen LogP contribution in [-0.4, -0.2) is 33.8 Å². The number of nitrogen functional groups attached to an aromatic ring is 1. The SMILES string of the molecule is CC(C)c1cccc(-c2nnc(-c3nc(-c4ccc(S(=O)(=O)C(C)C)cc4)cnc3N)o2)c1.N.[HH].[HH].[HH].[HH]. The van der Waals surface area contributed by atoms with E-state index in [0.717, 1.165) is 11.1 Å². The Morgan fingerprint density at radius 1 is 0.941 bits per heavy atom. The van der Waals surface area contributed by atoms with Gasteiger partial charge in [0.05, 0.1) is 22.0 Å². The first-order valence-corrected chi connectivity index (χ1v) is 12.1. The maximum Gasteiger partial charge on any atom is 0.270 e. The Hall–Kier alpha value is -3.63. The lowest BCUT2D eigenvalue weighted by Crippen LogP contribution is -2.13. The topological polar surface area (TPSA) is 160 Å². The highest BCUT2D eigenvalue weighted by molar-refractivity contribution is 7.92. The van der Waals surface area contributed by atoms with Gasteiger partial charge in [0.1, 0.15) is 0 Å².